The molecule has 9 nitrogen and oxygen atoms in total. The number of aromatic nitrogens is 6. The van der Waals surface area contributed by atoms with Crippen LogP contribution in [0.1, 0.15) is 48.7 Å². The predicted octanol–water partition coefficient (Wildman–Crippen LogP) is 4.20. The van der Waals surface area contributed by atoms with Crippen molar-refractivity contribution >= 4 is 16.8 Å². The van der Waals surface area contributed by atoms with E-state index in [1.807, 2.05) is 41.2 Å². The van der Waals surface area contributed by atoms with Crippen LogP contribution in [0.3, 0.4) is 0 Å². The van der Waals surface area contributed by atoms with Crippen LogP contribution in [0.5, 0.6) is 0 Å². The van der Waals surface area contributed by atoms with Crippen molar-refractivity contribution in [3.63, 3.8) is 0 Å². The average molecular weight is 522 g/mol. The summed E-state index contributed by atoms with van der Waals surface area (Å²) < 4.78 is 3.50. The molecule has 9 heteroatoms. The molecule has 1 amide bonds. The molecule has 2 N–H and O–H groups in total. The van der Waals surface area contributed by atoms with E-state index in [-0.39, 0.29) is 18.0 Å². The summed E-state index contributed by atoms with van der Waals surface area (Å²) in [6.45, 7) is 0.227. The number of aryl methyl sites for hydroxylation is 2. The number of benzene rings is 1. The molecule has 5 aromatic rings. The lowest BCUT2D eigenvalue weighted by atomic mass is 9.93. The lowest BCUT2D eigenvalue weighted by Crippen LogP contribution is -2.34. The van der Waals surface area contributed by atoms with Crippen LogP contribution in [-0.4, -0.2) is 35.2 Å². The number of H-pyrrole nitrogens is 1. The molecular weight excluding hydrogens is 490 g/mol. The number of rotatable bonds is 10. The molecule has 0 unspecified atom stereocenters. The molecule has 0 aliphatic heterocycles. The van der Waals surface area contributed by atoms with Crippen molar-refractivity contribution in [2.75, 3.05) is 0 Å². The zero-order valence-corrected chi connectivity index (χ0v) is 21.7. The quantitative estimate of drug-likeness (QED) is 0.286. The Hall–Kier alpha value is -4.53. The van der Waals surface area contributed by atoms with Crippen LogP contribution >= 0.6 is 0 Å². The van der Waals surface area contributed by atoms with Crippen molar-refractivity contribution < 1.29 is 4.79 Å². The molecular formula is C30H31N7O2. The smallest absolute Gasteiger partial charge is 0.273 e. The zero-order chi connectivity index (χ0) is 26.6. The van der Waals surface area contributed by atoms with Crippen molar-refractivity contribution in [1.82, 2.24) is 34.6 Å². The first kappa shape index (κ1) is 24.8. The number of pyridine rings is 1. The van der Waals surface area contributed by atoms with Crippen LogP contribution < -0.4 is 10.9 Å². The summed E-state index contributed by atoms with van der Waals surface area (Å²) in [7, 11) is 0. The summed E-state index contributed by atoms with van der Waals surface area (Å²) in [6, 6.07) is 14.5. The number of carbonyl (C=O) groups is 1. The van der Waals surface area contributed by atoms with Crippen LogP contribution in [0.2, 0.25) is 0 Å². The van der Waals surface area contributed by atoms with E-state index in [1.54, 1.807) is 24.8 Å². The Bertz CT molecular complexity index is 1610. The van der Waals surface area contributed by atoms with Crippen molar-refractivity contribution in [1.29, 1.82) is 0 Å². The maximum atomic E-state index is 13.6. The average Bonchev–Trinajstić information content (AvgIpc) is 3.56. The molecule has 4 heterocycles. The van der Waals surface area contributed by atoms with Crippen molar-refractivity contribution in [2.45, 2.75) is 57.7 Å². The van der Waals surface area contributed by atoms with Crippen LogP contribution in [0, 0.1) is 0 Å². The summed E-state index contributed by atoms with van der Waals surface area (Å²) in [5.74, 6) is -0.247. The van der Waals surface area contributed by atoms with Gasteiger partial charge in [0.15, 0.2) is 0 Å². The van der Waals surface area contributed by atoms with E-state index < -0.39 is 0 Å². The highest BCUT2D eigenvalue weighted by molar-refractivity contribution is 5.80. The molecule has 0 spiro atoms. The number of hydrogen-bond donors (Lipinski definition) is 2. The standard InChI is InChI=1S/C30H31N7O2/c38-29(33-17-24-14-22-15-31-13-12-26(22)35-24)20-36-28(23-16-34-37(19-23)25-9-5-10-25)18-32-27(30(36)39)11-4-8-21-6-2-1-3-7-21/h1-3,6-7,12-16,18-19,25,35H,4-5,8-11,17,20H2,(H,33,38). The second-order valence-corrected chi connectivity index (χ2v) is 10.1. The van der Waals surface area contributed by atoms with E-state index in [2.05, 4.69) is 37.5 Å². The minimum Gasteiger partial charge on any atom is -0.357 e. The second-order valence-electron chi connectivity index (χ2n) is 10.1. The van der Waals surface area contributed by atoms with E-state index in [1.165, 1.54) is 16.6 Å². The van der Waals surface area contributed by atoms with Crippen molar-refractivity contribution in [2.24, 2.45) is 0 Å². The maximum Gasteiger partial charge on any atom is 0.273 e. The molecule has 6 rings (SSSR count). The Morgan fingerprint density at radius 1 is 1.08 bits per heavy atom. The van der Waals surface area contributed by atoms with Gasteiger partial charge < -0.3 is 10.3 Å². The van der Waals surface area contributed by atoms with Crippen LogP contribution in [0.4, 0.5) is 0 Å². The van der Waals surface area contributed by atoms with Crippen LogP contribution in [0.15, 0.2) is 78.2 Å². The van der Waals surface area contributed by atoms with Gasteiger partial charge in [-0.1, -0.05) is 30.3 Å². The molecule has 1 fully saturated rings. The number of aromatic amines is 1. The number of carbonyl (C=O) groups excluding carboxylic acids is 1. The molecule has 1 aliphatic carbocycles. The van der Waals surface area contributed by atoms with Gasteiger partial charge in [0, 0.05) is 40.8 Å². The van der Waals surface area contributed by atoms with E-state index >= 15 is 0 Å². The molecule has 198 valence electrons. The predicted molar refractivity (Wildman–Crippen MR) is 149 cm³/mol. The van der Waals surface area contributed by atoms with Crippen LogP contribution in [-0.2, 0) is 30.7 Å². The summed E-state index contributed by atoms with van der Waals surface area (Å²) in [5.41, 5.74) is 4.69. The first-order chi connectivity index (χ1) is 19.1. The molecule has 1 saturated carbocycles. The monoisotopic (exact) mass is 521 g/mol. The maximum absolute atomic E-state index is 13.6. The fraction of sp³-hybridized carbons (Fsp3) is 0.300. The normalized spacial score (nSPS) is 13.4. The fourth-order valence-electron chi connectivity index (χ4n) is 5.03. The number of amides is 1. The third-order valence-corrected chi connectivity index (χ3v) is 7.45. The highest BCUT2D eigenvalue weighted by Gasteiger charge is 2.22. The molecule has 0 saturated heterocycles. The highest BCUT2D eigenvalue weighted by Crippen LogP contribution is 2.32. The fourth-order valence-corrected chi connectivity index (χ4v) is 5.03. The molecule has 0 atom stereocenters. The molecule has 0 radical (unpaired) electrons. The number of nitrogens with one attached hydrogen (secondary N) is 2. The van der Waals surface area contributed by atoms with E-state index in [4.69, 9.17) is 0 Å². The Balaban J connectivity index is 1.21. The Morgan fingerprint density at radius 3 is 2.74 bits per heavy atom. The lowest BCUT2D eigenvalue weighted by Gasteiger charge is -2.25. The largest absolute Gasteiger partial charge is 0.357 e. The second kappa shape index (κ2) is 11.1. The van der Waals surface area contributed by atoms with Gasteiger partial charge in [0.2, 0.25) is 5.91 Å². The van der Waals surface area contributed by atoms with Crippen molar-refractivity contribution in [3.05, 3.63) is 101 Å². The first-order valence-corrected chi connectivity index (χ1v) is 13.5. The number of nitrogens with zero attached hydrogens (tertiary/aromatic N) is 5. The van der Waals surface area contributed by atoms with Gasteiger partial charge in [-0.15, -0.1) is 0 Å². The van der Waals surface area contributed by atoms with Gasteiger partial charge in [0.25, 0.3) is 5.56 Å². The van der Waals surface area contributed by atoms with Gasteiger partial charge in [-0.2, -0.15) is 5.10 Å². The Labute approximate surface area is 225 Å². The van der Waals surface area contributed by atoms with Gasteiger partial charge >= 0.3 is 0 Å². The highest BCUT2D eigenvalue weighted by atomic mass is 16.2. The van der Waals surface area contributed by atoms with Gasteiger partial charge in [0.1, 0.15) is 12.2 Å². The first-order valence-electron chi connectivity index (χ1n) is 13.5. The summed E-state index contributed by atoms with van der Waals surface area (Å²) >= 11 is 0. The van der Waals surface area contributed by atoms with Crippen LogP contribution in [0.25, 0.3) is 22.2 Å². The van der Waals surface area contributed by atoms with Gasteiger partial charge in [-0.25, -0.2) is 0 Å². The van der Waals surface area contributed by atoms with Gasteiger partial charge in [-0.05, 0) is 56.2 Å². The molecule has 0 bridgehead atoms. The van der Waals surface area contributed by atoms with E-state index in [9.17, 15) is 9.59 Å². The molecule has 39 heavy (non-hydrogen) atoms. The third kappa shape index (κ3) is 5.52. The Kier molecular flexibility index (Phi) is 7.03. The van der Waals surface area contributed by atoms with Gasteiger partial charge in [-0.3, -0.25) is 28.8 Å². The summed E-state index contributed by atoms with van der Waals surface area (Å²) in [5, 5.41) is 8.46. The minimum atomic E-state index is -0.247. The van der Waals surface area contributed by atoms with Crippen molar-refractivity contribution in [3.8, 4) is 11.3 Å². The Morgan fingerprint density at radius 2 is 1.95 bits per heavy atom. The number of fused-ring (bicyclic) bond motifs is 1. The molecule has 1 aliphatic rings. The third-order valence-electron chi connectivity index (χ3n) is 7.45. The molecule has 4 aromatic heterocycles. The van der Waals surface area contributed by atoms with E-state index in [0.717, 1.165) is 47.8 Å². The zero-order valence-electron chi connectivity index (χ0n) is 21.7. The SMILES string of the molecule is O=C(Cn1c(-c2cnn(C3CCC3)c2)cnc(CCCc2ccccc2)c1=O)NCc1cc2cnccc2[nH]1. The topological polar surface area (TPSA) is 110 Å². The minimum absolute atomic E-state index is 0.0984. The molecule has 1 aromatic carbocycles. The number of hydrogen-bond acceptors (Lipinski definition) is 5. The lowest BCUT2D eigenvalue weighted by molar-refractivity contribution is -0.121. The summed E-state index contributed by atoms with van der Waals surface area (Å²) in [4.78, 5) is 38.7. The summed E-state index contributed by atoms with van der Waals surface area (Å²) in [6.07, 6.45) is 14.6. The van der Waals surface area contributed by atoms with E-state index in [0.29, 0.717) is 30.4 Å². The van der Waals surface area contributed by atoms with Gasteiger partial charge in [0.05, 0.1) is 30.7 Å².